The van der Waals surface area contributed by atoms with E-state index in [0.29, 0.717) is 27.5 Å². The van der Waals surface area contributed by atoms with E-state index in [2.05, 4.69) is 37.2 Å². The van der Waals surface area contributed by atoms with Gasteiger partial charge in [-0.15, -0.1) is 0 Å². The number of benzene rings is 4. The largest absolute Gasteiger partial charge is 0.507 e. The van der Waals surface area contributed by atoms with Crippen LogP contribution in [0.4, 0.5) is 5.69 Å². The summed E-state index contributed by atoms with van der Waals surface area (Å²) in [5, 5.41) is 67.3. The molecule has 0 bridgehead atoms. The molecule has 14 N–H and O–H groups in total. The third kappa shape index (κ3) is 24.4. The van der Waals surface area contributed by atoms with Crippen molar-refractivity contribution < 1.29 is 73.2 Å². The number of amides is 8. The number of likely N-dealkylation sites (N-methyl/N-ethyl adjacent to an activating group) is 1. The van der Waals surface area contributed by atoms with Gasteiger partial charge in [0, 0.05) is 96.5 Å². The number of aromatic hydroxyl groups is 1. The first-order valence-corrected chi connectivity index (χ1v) is 31.2. The van der Waals surface area contributed by atoms with Gasteiger partial charge in [-0.25, -0.2) is 0 Å². The van der Waals surface area contributed by atoms with Crippen LogP contribution in [0.15, 0.2) is 84.9 Å². The Labute approximate surface area is 545 Å². The van der Waals surface area contributed by atoms with Gasteiger partial charge in [-0.1, -0.05) is 55.0 Å². The zero-order chi connectivity index (χ0) is 66.9. The smallest absolute Gasteiger partial charge is 0.317 e. The van der Waals surface area contributed by atoms with Crippen molar-refractivity contribution in [3.05, 3.63) is 105 Å². The van der Waals surface area contributed by atoms with Crippen LogP contribution in [0.5, 0.6) is 5.75 Å². The number of phenols is 1. The van der Waals surface area contributed by atoms with Crippen molar-refractivity contribution in [3.8, 4) is 5.75 Å². The molecule has 4 atom stereocenters. The van der Waals surface area contributed by atoms with Gasteiger partial charge >= 0.3 is 17.9 Å². The summed E-state index contributed by atoms with van der Waals surface area (Å²) in [5.74, 6) is -8.63. The second kappa shape index (κ2) is 36.3. The molecule has 2 fully saturated rings. The molecule has 6 rings (SSSR count). The van der Waals surface area contributed by atoms with Crippen LogP contribution in [0.1, 0.15) is 60.0 Å². The zero-order valence-corrected chi connectivity index (χ0v) is 53.3. The van der Waals surface area contributed by atoms with Crippen molar-refractivity contribution in [3.63, 3.8) is 0 Å². The molecule has 92 heavy (non-hydrogen) atoms. The molecule has 0 radical (unpaired) electrons. The van der Waals surface area contributed by atoms with E-state index in [4.69, 9.17) is 11.1 Å². The van der Waals surface area contributed by atoms with Gasteiger partial charge < -0.3 is 68.3 Å². The molecule has 0 unspecified atom stereocenters. The Bertz CT molecular complexity index is 3270. The van der Waals surface area contributed by atoms with Gasteiger partial charge in [0.25, 0.3) is 5.91 Å². The Balaban J connectivity index is 1.11. The topological polar surface area (TPSA) is 419 Å². The van der Waals surface area contributed by atoms with Crippen molar-refractivity contribution in [2.24, 2.45) is 5.73 Å². The maximum atomic E-state index is 14.7. The second-order valence-electron chi connectivity index (χ2n) is 22.7. The molecule has 29 nitrogen and oxygen atoms in total. The first kappa shape index (κ1) is 72.2. The number of rotatable bonds is 25. The summed E-state index contributed by atoms with van der Waals surface area (Å²) >= 11 is 1.93. The number of aliphatic carboxylic acids is 3. The molecule has 0 spiro atoms. The maximum absolute atomic E-state index is 14.7. The van der Waals surface area contributed by atoms with Crippen molar-refractivity contribution in [1.29, 1.82) is 5.41 Å². The SMILES string of the molecule is CN1C(=O)[C@@H](Cc2ccc(O)c(I)c2)NC(=O)CNC(=O)[C@H](Cc2ccc3ccccc3c2)NC(=O)[C@H](CCCCC(=N)N)NC(=O)[C@H]1CCCNC(=O)c1ccc(NC(=O)CNC(=O)CN2CCN(CC(=O)O)CCN(CC(=O)O)CCN(CC(=O)O)CC2)cc1. The van der Waals surface area contributed by atoms with E-state index in [1.165, 1.54) is 37.4 Å². The lowest BCUT2D eigenvalue weighted by molar-refractivity contribution is -0.142. The first-order valence-electron chi connectivity index (χ1n) is 30.1. The Morgan fingerprint density at radius 1 is 0.609 bits per heavy atom. The zero-order valence-electron chi connectivity index (χ0n) is 51.1. The van der Waals surface area contributed by atoms with E-state index in [-0.39, 0.29) is 146 Å². The lowest BCUT2D eigenvalue weighted by Gasteiger charge is -2.32. The fourth-order valence-electron chi connectivity index (χ4n) is 10.6. The summed E-state index contributed by atoms with van der Waals surface area (Å²) in [6, 6.07) is 18.6. The number of hydrogen-bond acceptors (Lipinski definition) is 17. The number of nitrogens with zero attached hydrogens (tertiary/aromatic N) is 5. The first-order chi connectivity index (χ1) is 43.9. The molecule has 2 saturated heterocycles. The monoisotopic (exact) mass is 1390 g/mol. The van der Waals surface area contributed by atoms with Crippen LogP contribution in [-0.4, -0.2) is 245 Å². The van der Waals surface area contributed by atoms with Crippen molar-refractivity contribution in [2.75, 3.05) is 111 Å². The average Bonchev–Trinajstić information content (AvgIpc) is 1.13. The summed E-state index contributed by atoms with van der Waals surface area (Å²) in [4.78, 5) is 154. The van der Waals surface area contributed by atoms with E-state index >= 15 is 0 Å². The molecule has 8 amide bonds. The number of phenolic OH excluding ortho intramolecular Hbond substituents is 1. The predicted molar refractivity (Wildman–Crippen MR) is 346 cm³/mol. The highest BCUT2D eigenvalue weighted by molar-refractivity contribution is 14.1. The second-order valence-corrected chi connectivity index (χ2v) is 23.8. The van der Waals surface area contributed by atoms with Crippen LogP contribution in [0.25, 0.3) is 10.8 Å². The van der Waals surface area contributed by atoms with E-state index in [1.54, 1.807) is 31.7 Å². The third-order valence-electron chi connectivity index (χ3n) is 15.5. The summed E-state index contributed by atoms with van der Waals surface area (Å²) in [6.07, 6.45) is 0.937. The number of nitrogens with one attached hydrogen (secondary N) is 8. The van der Waals surface area contributed by atoms with Crippen molar-refractivity contribution >= 4 is 110 Å². The Morgan fingerprint density at radius 2 is 1.16 bits per heavy atom. The predicted octanol–water partition coefficient (Wildman–Crippen LogP) is -0.417. The van der Waals surface area contributed by atoms with Gasteiger partial charge in [0.2, 0.25) is 41.4 Å². The lowest BCUT2D eigenvalue weighted by Crippen LogP contribution is -2.58. The Morgan fingerprint density at radius 3 is 1.75 bits per heavy atom. The standard InChI is InChI=1S/C62H81IN14O15/c1-73-49(10-6-20-66-58(88)42-15-17-44(18-16-42)69-52(79)33-67-54(81)35-74-21-23-75(36-55(82)83)25-27-77(38-57(86)87)28-26-76(24-22-74)37-56(84)85)61(91)71-46(9-4-5-11-51(64)65)60(90)72-47(31-39-12-14-41-7-2-3-8-43(41)29-39)59(89)68-34-53(80)70-48(62(73)92)32-40-13-19-50(78)45(63)30-40/h2-3,7-8,12-19,29-30,46-49,78H,4-6,9-11,20-28,31-38H2,1H3,(H3,64,65)(H,66,88)(H,67,81)(H,68,89)(H,69,79)(H,70,80)(H,71,91)(H,72,90)(H,82,83)(H,84,85)(H,86,87)/t46-,47-,48+,49+/m0/s1. The molecule has 496 valence electrons. The molecule has 2 heterocycles. The summed E-state index contributed by atoms with van der Waals surface area (Å²) in [6.45, 7) is -0.668. The normalized spacial score (nSPS) is 19.1. The lowest BCUT2D eigenvalue weighted by atomic mass is 10.00. The fraction of sp³-hybridized carbons (Fsp3) is 0.452. The van der Waals surface area contributed by atoms with Gasteiger partial charge in [-0.3, -0.25) is 77.7 Å². The number of unbranched alkanes of at least 4 members (excludes halogenated alkanes) is 1. The van der Waals surface area contributed by atoms with Crippen molar-refractivity contribution in [2.45, 2.75) is 75.5 Å². The molecule has 30 heteroatoms. The molecule has 4 aromatic carbocycles. The van der Waals surface area contributed by atoms with E-state index < -0.39 is 102 Å². The van der Waals surface area contributed by atoms with E-state index in [9.17, 15) is 73.2 Å². The molecular weight excluding hydrogens is 1310 g/mol. The number of carbonyl (C=O) groups is 11. The number of carbonyl (C=O) groups excluding carboxylic acids is 8. The van der Waals surface area contributed by atoms with E-state index in [1.807, 2.05) is 65.1 Å². The number of anilines is 1. The van der Waals surface area contributed by atoms with Crippen LogP contribution in [-0.2, 0) is 60.8 Å². The summed E-state index contributed by atoms with van der Waals surface area (Å²) in [7, 11) is 1.38. The van der Waals surface area contributed by atoms with Gasteiger partial charge in [-0.05, 0) is 107 Å². The number of fused-ring (bicyclic) bond motifs is 1. The molecule has 2 aliphatic rings. The van der Waals surface area contributed by atoms with Crippen LogP contribution < -0.4 is 43.0 Å². The Hall–Kier alpha value is -8.85. The minimum absolute atomic E-state index is 0.00126. The number of nitrogens with two attached hydrogens (primary N) is 1. The van der Waals surface area contributed by atoms with Gasteiger partial charge in [0.1, 0.15) is 29.9 Å². The quantitative estimate of drug-likeness (QED) is 0.0173. The average molecular weight is 1390 g/mol. The fourth-order valence-corrected chi connectivity index (χ4v) is 11.1. The van der Waals surface area contributed by atoms with Gasteiger partial charge in [-0.2, -0.15) is 0 Å². The van der Waals surface area contributed by atoms with E-state index in [0.717, 1.165) is 15.7 Å². The molecule has 4 aromatic rings. The van der Waals surface area contributed by atoms with Crippen LogP contribution in [0.3, 0.4) is 0 Å². The van der Waals surface area contributed by atoms with Crippen LogP contribution >= 0.6 is 22.6 Å². The highest BCUT2D eigenvalue weighted by atomic mass is 127. The summed E-state index contributed by atoms with van der Waals surface area (Å²) < 4.78 is 0.472. The molecular formula is C62H81IN14O15. The number of halogens is 1. The maximum Gasteiger partial charge on any atom is 0.317 e. The van der Waals surface area contributed by atoms with Crippen LogP contribution in [0, 0.1) is 8.98 Å². The third-order valence-corrected chi connectivity index (χ3v) is 16.4. The number of carboxylic acid groups (broad SMARTS) is 3. The molecule has 2 aliphatic heterocycles. The number of carboxylic acids is 3. The molecule has 0 aliphatic carbocycles. The van der Waals surface area contributed by atoms with Gasteiger partial charge in [0.15, 0.2) is 0 Å². The minimum atomic E-state index is -1.30. The number of amidine groups is 1. The molecule has 0 aromatic heterocycles. The Kier molecular flexibility index (Phi) is 28.5. The van der Waals surface area contributed by atoms with Gasteiger partial charge in [0.05, 0.1) is 48.7 Å². The van der Waals surface area contributed by atoms with Crippen molar-refractivity contribution in [1.82, 2.24) is 56.4 Å². The number of hydrogen-bond donors (Lipinski definition) is 13. The minimum Gasteiger partial charge on any atom is -0.507 e. The summed E-state index contributed by atoms with van der Waals surface area (Å²) in [5.41, 5.74) is 7.35. The highest BCUT2D eigenvalue weighted by Crippen LogP contribution is 2.23. The highest BCUT2D eigenvalue weighted by Gasteiger charge is 2.36. The van der Waals surface area contributed by atoms with Crippen LogP contribution in [0.2, 0.25) is 0 Å². The molecule has 0 saturated carbocycles.